The van der Waals surface area contributed by atoms with Gasteiger partial charge in [-0.05, 0) is 49.2 Å². The highest BCUT2D eigenvalue weighted by atomic mass is 32.1. The highest BCUT2D eigenvalue weighted by Gasteiger charge is 2.44. The first-order valence-corrected chi connectivity index (χ1v) is 10.2. The molecule has 0 saturated heterocycles. The van der Waals surface area contributed by atoms with Crippen molar-refractivity contribution in [1.82, 2.24) is 9.55 Å². The Bertz CT molecular complexity index is 1190. The molecule has 0 aliphatic heterocycles. The fourth-order valence-electron chi connectivity index (χ4n) is 5.06. The average molecular weight is 391 g/mol. The highest BCUT2D eigenvalue weighted by molar-refractivity contribution is 7.71. The molecular formula is C23H22N2O2S. The number of ether oxygens (including phenoxy) is 1. The van der Waals surface area contributed by atoms with E-state index < -0.39 is 0 Å². The minimum Gasteiger partial charge on any atom is -0.497 e. The van der Waals surface area contributed by atoms with E-state index in [1.165, 1.54) is 5.56 Å². The second-order valence-corrected chi connectivity index (χ2v) is 8.23. The summed E-state index contributed by atoms with van der Waals surface area (Å²) in [5.41, 5.74) is 4.87. The van der Waals surface area contributed by atoms with Crippen LogP contribution in [0.5, 0.6) is 5.75 Å². The van der Waals surface area contributed by atoms with E-state index in [4.69, 9.17) is 17.0 Å². The molecule has 5 rings (SSSR count). The van der Waals surface area contributed by atoms with Crippen molar-refractivity contribution in [3.63, 3.8) is 0 Å². The van der Waals surface area contributed by atoms with Gasteiger partial charge in [0.2, 0.25) is 0 Å². The molecule has 0 amide bonds. The van der Waals surface area contributed by atoms with Gasteiger partial charge in [0.1, 0.15) is 5.75 Å². The third-order valence-corrected chi connectivity index (χ3v) is 6.60. The fourth-order valence-corrected chi connectivity index (χ4v) is 5.35. The Kier molecular flexibility index (Phi) is 4.02. The summed E-state index contributed by atoms with van der Waals surface area (Å²) >= 11 is 5.65. The Labute approximate surface area is 168 Å². The number of hydrogen-bond acceptors (Lipinski definition) is 3. The largest absolute Gasteiger partial charge is 0.497 e. The van der Waals surface area contributed by atoms with Crippen LogP contribution in [0.1, 0.15) is 36.8 Å². The molecule has 5 heteroatoms. The number of H-pyrrole nitrogens is 1. The Balaban J connectivity index is 1.84. The molecule has 28 heavy (non-hydrogen) atoms. The molecule has 0 bridgehead atoms. The van der Waals surface area contributed by atoms with Gasteiger partial charge in [-0.3, -0.25) is 9.36 Å². The number of nitrogens with one attached hydrogen (secondary N) is 1. The van der Waals surface area contributed by atoms with Gasteiger partial charge in [-0.1, -0.05) is 43.2 Å². The van der Waals surface area contributed by atoms with Gasteiger partial charge >= 0.3 is 0 Å². The van der Waals surface area contributed by atoms with Crippen LogP contribution in [0.15, 0.2) is 53.3 Å². The van der Waals surface area contributed by atoms with Crippen molar-refractivity contribution < 1.29 is 4.74 Å². The Morgan fingerprint density at radius 1 is 1.11 bits per heavy atom. The number of hydrogen-bond donors (Lipinski definition) is 1. The summed E-state index contributed by atoms with van der Waals surface area (Å²) in [5.74, 6) is 0.706. The first kappa shape index (κ1) is 17.4. The predicted molar refractivity (Wildman–Crippen MR) is 113 cm³/mol. The smallest absolute Gasteiger partial charge is 0.263 e. The molecule has 0 atom stereocenters. The van der Waals surface area contributed by atoms with Crippen LogP contribution in [0.2, 0.25) is 0 Å². The lowest BCUT2D eigenvalue weighted by molar-refractivity contribution is 0.414. The summed E-state index contributed by atoms with van der Waals surface area (Å²) in [6.45, 7) is 0. The van der Waals surface area contributed by atoms with Crippen LogP contribution >= 0.6 is 12.2 Å². The van der Waals surface area contributed by atoms with E-state index in [2.05, 4.69) is 23.2 Å². The van der Waals surface area contributed by atoms with E-state index in [0.29, 0.717) is 10.5 Å². The lowest BCUT2D eigenvalue weighted by Crippen LogP contribution is -2.39. The van der Waals surface area contributed by atoms with E-state index in [1.54, 1.807) is 11.7 Å². The zero-order chi connectivity index (χ0) is 19.3. The van der Waals surface area contributed by atoms with Crippen molar-refractivity contribution in [2.75, 3.05) is 7.11 Å². The van der Waals surface area contributed by atoms with Crippen molar-refractivity contribution in [3.8, 4) is 22.7 Å². The SMILES string of the molecule is COc1cccc(-n2c(=S)[nH]c3c(c2=O)C2(CCCC2)Cc2ccccc2-3)c1. The number of nitrogens with zero attached hydrogens (tertiary/aromatic N) is 1. The maximum absolute atomic E-state index is 13.8. The summed E-state index contributed by atoms with van der Waals surface area (Å²) in [7, 11) is 1.62. The first-order chi connectivity index (χ1) is 13.6. The van der Waals surface area contributed by atoms with Gasteiger partial charge in [0.15, 0.2) is 4.77 Å². The van der Waals surface area contributed by atoms with Gasteiger partial charge in [0.05, 0.1) is 18.5 Å². The van der Waals surface area contributed by atoms with Crippen LogP contribution < -0.4 is 10.3 Å². The van der Waals surface area contributed by atoms with Crippen LogP contribution in [0.25, 0.3) is 16.9 Å². The van der Waals surface area contributed by atoms with Crippen LogP contribution in [0, 0.1) is 4.77 Å². The normalized spacial score (nSPS) is 16.6. The standard InChI is InChI=1S/C23H22N2O2S/c1-27-17-9-6-8-16(13-17)25-21(26)19-20(24-22(25)28)18-10-3-2-7-15(18)14-23(19)11-4-5-12-23/h2-3,6-10,13H,4-5,11-12,14H2,1H3,(H,24,28). The lowest BCUT2D eigenvalue weighted by atomic mass is 9.68. The average Bonchev–Trinajstić information content (AvgIpc) is 3.16. The second-order valence-electron chi connectivity index (χ2n) is 7.84. The van der Waals surface area contributed by atoms with E-state index in [9.17, 15) is 4.79 Å². The van der Waals surface area contributed by atoms with Crippen molar-refractivity contribution in [2.45, 2.75) is 37.5 Å². The van der Waals surface area contributed by atoms with E-state index >= 15 is 0 Å². The summed E-state index contributed by atoms with van der Waals surface area (Å²) in [6, 6.07) is 15.9. The summed E-state index contributed by atoms with van der Waals surface area (Å²) in [5, 5.41) is 0. The van der Waals surface area contributed by atoms with Crippen LogP contribution in [0.4, 0.5) is 0 Å². The van der Waals surface area contributed by atoms with E-state index in [1.807, 2.05) is 30.3 Å². The number of aromatic nitrogens is 2. The summed E-state index contributed by atoms with van der Waals surface area (Å²) in [6.07, 6.45) is 5.35. The molecule has 1 spiro atoms. The molecule has 142 valence electrons. The summed E-state index contributed by atoms with van der Waals surface area (Å²) in [4.78, 5) is 17.3. The quantitative estimate of drug-likeness (QED) is 0.631. The molecule has 1 fully saturated rings. The van der Waals surface area contributed by atoms with Crippen molar-refractivity contribution in [2.24, 2.45) is 0 Å². The highest BCUT2D eigenvalue weighted by Crippen LogP contribution is 2.49. The molecular weight excluding hydrogens is 368 g/mol. The van der Waals surface area contributed by atoms with Gasteiger partial charge < -0.3 is 9.72 Å². The van der Waals surface area contributed by atoms with Crippen molar-refractivity contribution >= 4 is 12.2 Å². The third-order valence-electron chi connectivity index (χ3n) is 6.32. The number of rotatable bonds is 2. The molecule has 4 nitrogen and oxygen atoms in total. The molecule has 3 aromatic rings. The Hall–Kier alpha value is -2.66. The van der Waals surface area contributed by atoms with E-state index in [-0.39, 0.29) is 11.0 Å². The molecule has 2 aliphatic carbocycles. The number of fused-ring (bicyclic) bond motifs is 4. The molecule has 2 aromatic carbocycles. The van der Waals surface area contributed by atoms with Gasteiger partial charge in [-0.25, -0.2) is 0 Å². The topological polar surface area (TPSA) is 47.0 Å². The van der Waals surface area contributed by atoms with Gasteiger partial charge in [-0.15, -0.1) is 0 Å². The molecule has 1 saturated carbocycles. The number of benzene rings is 2. The van der Waals surface area contributed by atoms with Gasteiger partial charge in [0.25, 0.3) is 5.56 Å². The van der Waals surface area contributed by atoms with Crippen LogP contribution in [-0.4, -0.2) is 16.7 Å². The Morgan fingerprint density at radius 2 is 1.89 bits per heavy atom. The lowest BCUT2D eigenvalue weighted by Gasteiger charge is -2.36. The Morgan fingerprint density at radius 3 is 2.68 bits per heavy atom. The minimum absolute atomic E-state index is 0.00315. The molecule has 2 aliphatic rings. The zero-order valence-electron chi connectivity index (χ0n) is 15.8. The zero-order valence-corrected chi connectivity index (χ0v) is 16.6. The molecule has 1 aromatic heterocycles. The van der Waals surface area contributed by atoms with Crippen molar-refractivity contribution in [3.05, 3.63) is 74.8 Å². The van der Waals surface area contributed by atoms with Gasteiger partial charge in [-0.2, -0.15) is 0 Å². The maximum Gasteiger partial charge on any atom is 0.263 e. The molecule has 0 radical (unpaired) electrons. The van der Waals surface area contributed by atoms with Crippen LogP contribution in [-0.2, 0) is 11.8 Å². The molecule has 0 unspecified atom stereocenters. The van der Waals surface area contributed by atoms with Gasteiger partial charge in [0, 0.05) is 22.6 Å². The molecule has 1 heterocycles. The first-order valence-electron chi connectivity index (χ1n) is 9.75. The monoisotopic (exact) mass is 390 g/mol. The van der Waals surface area contributed by atoms with Crippen molar-refractivity contribution in [1.29, 1.82) is 0 Å². The number of methoxy groups -OCH3 is 1. The van der Waals surface area contributed by atoms with Crippen LogP contribution in [0.3, 0.4) is 0 Å². The third kappa shape index (κ3) is 2.49. The maximum atomic E-state index is 13.8. The fraction of sp³-hybridized carbons (Fsp3) is 0.304. The van der Waals surface area contributed by atoms with E-state index in [0.717, 1.165) is 54.6 Å². The minimum atomic E-state index is -0.0963. The molecule has 1 N–H and O–H groups in total. The second kappa shape index (κ2) is 6.45. The number of aromatic amines is 1. The summed E-state index contributed by atoms with van der Waals surface area (Å²) < 4.78 is 7.40. The predicted octanol–water partition coefficient (Wildman–Crippen LogP) is 4.94.